The number of carbonyl (C=O) groups excluding carboxylic acids is 2. The minimum atomic E-state index is -0.411. The maximum atomic E-state index is 11.9. The highest BCUT2D eigenvalue weighted by Gasteiger charge is 2.21. The summed E-state index contributed by atoms with van der Waals surface area (Å²) >= 11 is 5.92. The zero-order valence-electron chi connectivity index (χ0n) is 11.3. The summed E-state index contributed by atoms with van der Waals surface area (Å²) in [5, 5.41) is 0.357. The van der Waals surface area contributed by atoms with E-state index in [1.807, 2.05) is 0 Å². The van der Waals surface area contributed by atoms with Crippen molar-refractivity contribution in [1.29, 1.82) is 0 Å². The number of hydrazine groups is 1. The van der Waals surface area contributed by atoms with E-state index >= 15 is 0 Å². The number of amides is 2. The summed E-state index contributed by atoms with van der Waals surface area (Å²) in [5.41, 5.74) is 6.53. The molecule has 1 unspecified atom stereocenters. The molecule has 0 radical (unpaired) electrons. The molecule has 1 aromatic carbocycles. The number of nitrogens with one attached hydrogen (secondary N) is 2. The minimum Gasteiger partial charge on any atom is -0.273 e. The molecule has 0 bridgehead atoms. The van der Waals surface area contributed by atoms with Gasteiger partial charge in [0.2, 0.25) is 5.91 Å². The predicted molar refractivity (Wildman–Crippen MR) is 78.2 cm³/mol. The van der Waals surface area contributed by atoms with Gasteiger partial charge in [0.15, 0.2) is 0 Å². The molecule has 0 heterocycles. The Morgan fingerprint density at radius 1 is 1.25 bits per heavy atom. The van der Waals surface area contributed by atoms with Crippen LogP contribution in [0.5, 0.6) is 0 Å². The molecule has 1 aliphatic carbocycles. The lowest BCUT2D eigenvalue weighted by molar-refractivity contribution is -0.126. The average molecular weight is 293 g/mol. The second-order valence-corrected chi connectivity index (χ2v) is 5.35. The number of carbonyl (C=O) groups is 2. The molecule has 5 heteroatoms. The maximum Gasteiger partial charge on any atom is 0.271 e. The van der Waals surface area contributed by atoms with Crippen molar-refractivity contribution in [1.82, 2.24) is 10.9 Å². The molecule has 2 amide bonds. The molecule has 0 spiro atoms. The Bertz CT molecular complexity index is 555. The van der Waals surface area contributed by atoms with Crippen molar-refractivity contribution in [3.63, 3.8) is 0 Å². The second kappa shape index (κ2) is 6.57. The molecule has 2 rings (SSSR count). The normalized spacial score (nSPS) is 18.1. The molecule has 4 nitrogen and oxygen atoms in total. The van der Waals surface area contributed by atoms with Crippen LogP contribution < -0.4 is 10.9 Å². The van der Waals surface area contributed by atoms with Crippen molar-refractivity contribution >= 4 is 23.4 Å². The van der Waals surface area contributed by atoms with Gasteiger partial charge in [-0.2, -0.15) is 0 Å². The summed E-state index contributed by atoms with van der Waals surface area (Å²) in [6, 6.07) is 6.70. The molecule has 1 aliphatic rings. The maximum absolute atomic E-state index is 11.9. The van der Waals surface area contributed by atoms with Crippen molar-refractivity contribution < 1.29 is 9.59 Å². The number of allylic oxidation sites excluding steroid dienone is 2. The molecule has 0 aromatic heterocycles. The van der Waals surface area contributed by atoms with Crippen LogP contribution in [0.4, 0.5) is 0 Å². The van der Waals surface area contributed by atoms with Crippen molar-refractivity contribution in [2.75, 3.05) is 0 Å². The SMILES string of the molecule is CC1=CCC(C(=O)NNC(=O)c2ccccc2Cl)CC1. The number of hydrogen-bond acceptors (Lipinski definition) is 2. The third kappa shape index (κ3) is 3.61. The monoisotopic (exact) mass is 292 g/mol. The van der Waals surface area contributed by atoms with Crippen LogP contribution >= 0.6 is 11.6 Å². The van der Waals surface area contributed by atoms with Crippen molar-refractivity contribution in [2.24, 2.45) is 5.92 Å². The van der Waals surface area contributed by atoms with E-state index in [0.717, 1.165) is 19.3 Å². The largest absolute Gasteiger partial charge is 0.273 e. The summed E-state index contributed by atoms with van der Waals surface area (Å²) in [5.74, 6) is -0.647. The van der Waals surface area contributed by atoms with Gasteiger partial charge < -0.3 is 0 Å². The lowest BCUT2D eigenvalue weighted by Gasteiger charge is -2.19. The van der Waals surface area contributed by atoms with E-state index in [-0.39, 0.29) is 11.8 Å². The summed E-state index contributed by atoms with van der Waals surface area (Å²) in [6.07, 6.45) is 4.54. The molecule has 1 aromatic rings. The van der Waals surface area contributed by atoms with Crippen LogP contribution in [0, 0.1) is 5.92 Å². The quantitative estimate of drug-likeness (QED) is 0.650. The number of halogens is 1. The summed E-state index contributed by atoms with van der Waals surface area (Å²) in [4.78, 5) is 23.8. The minimum absolute atomic E-state index is 0.0785. The van der Waals surface area contributed by atoms with Crippen molar-refractivity contribution in [2.45, 2.75) is 26.2 Å². The standard InChI is InChI=1S/C15H17ClN2O2/c1-10-6-8-11(9-7-10)14(19)17-18-15(20)12-4-2-3-5-13(12)16/h2-6,11H,7-9H2,1H3,(H,17,19)(H,18,20). The summed E-state index contributed by atoms with van der Waals surface area (Å²) in [6.45, 7) is 2.06. The molecular formula is C15H17ClN2O2. The Morgan fingerprint density at radius 3 is 2.65 bits per heavy atom. The molecule has 106 valence electrons. The van der Waals surface area contributed by atoms with E-state index in [1.54, 1.807) is 24.3 Å². The van der Waals surface area contributed by atoms with Crippen LogP contribution in [0.3, 0.4) is 0 Å². The van der Waals surface area contributed by atoms with Crippen LogP contribution in [0.25, 0.3) is 0 Å². The van der Waals surface area contributed by atoms with Gasteiger partial charge in [0, 0.05) is 5.92 Å². The van der Waals surface area contributed by atoms with E-state index in [2.05, 4.69) is 23.9 Å². The van der Waals surface area contributed by atoms with Crippen LogP contribution in [-0.4, -0.2) is 11.8 Å². The first kappa shape index (κ1) is 14.6. The molecule has 0 fully saturated rings. The topological polar surface area (TPSA) is 58.2 Å². The third-order valence-electron chi connectivity index (χ3n) is 3.43. The zero-order valence-corrected chi connectivity index (χ0v) is 12.0. The number of benzene rings is 1. The fourth-order valence-electron chi connectivity index (χ4n) is 2.14. The number of hydrogen-bond donors (Lipinski definition) is 2. The van der Waals surface area contributed by atoms with E-state index in [9.17, 15) is 9.59 Å². The van der Waals surface area contributed by atoms with E-state index < -0.39 is 5.91 Å². The van der Waals surface area contributed by atoms with Gasteiger partial charge in [-0.25, -0.2) is 0 Å². The summed E-state index contributed by atoms with van der Waals surface area (Å²) < 4.78 is 0. The molecule has 0 aliphatic heterocycles. The Kier molecular flexibility index (Phi) is 4.79. The van der Waals surface area contributed by atoms with Crippen LogP contribution in [-0.2, 0) is 4.79 Å². The van der Waals surface area contributed by atoms with E-state index in [0.29, 0.717) is 10.6 Å². The highest BCUT2D eigenvalue weighted by molar-refractivity contribution is 6.33. The molecular weight excluding hydrogens is 276 g/mol. The highest BCUT2D eigenvalue weighted by atomic mass is 35.5. The lowest BCUT2D eigenvalue weighted by atomic mass is 9.90. The van der Waals surface area contributed by atoms with Gasteiger partial charge in [-0.15, -0.1) is 0 Å². The first-order chi connectivity index (χ1) is 9.58. The first-order valence-electron chi connectivity index (χ1n) is 6.58. The smallest absolute Gasteiger partial charge is 0.271 e. The Balaban J connectivity index is 1.88. The third-order valence-corrected chi connectivity index (χ3v) is 3.76. The molecule has 0 saturated carbocycles. The van der Waals surface area contributed by atoms with Crippen molar-refractivity contribution in [3.05, 3.63) is 46.5 Å². The van der Waals surface area contributed by atoms with E-state index in [1.165, 1.54) is 5.57 Å². The zero-order chi connectivity index (χ0) is 14.5. The van der Waals surface area contributed by atoms with Gasteiger partial charge in [0.05, 0.1) is 10.6 Å². The van der Waals surface area contributed by atoms with Crippen LogP contribution in [0.15, 0.2) is 35.9 Å². The van der Waals surface area contributed by atoms with Crippen LogP contribution in [0.2, 0.25) is 5.02 Å². The van der Waals surface area contributed by atoms with Crippen molar-refractivity contribution in [3.8, 4) is 0 Å². The first-order valence-corrected chi connectivity index (χ1v) is 6.96. The summed E-state index contributed by atoms with van der Waals surface area (Å²) in [7, 11) is 0. The van der Waals surface area contributed by atoms with Gasteiger partial charge in [-0.1, -0.05) is 35.4 Å². The van der Waals surface area contributed by atoms with Gasteiger partial charge >= 0.3 is 0 Å². The van der Waals surface area contributed by atoms with Gasteiger partial charge in [0.25, 0.3) is 5.91 Å². The second-order valence-electron chi connectivity index (χ2n) is 4.94. The highest BCUT2D eigenvalue weighted by Crippen LogP contribution is 2.22. The average Bonchev–Trinajstić information content (AvgIpc) is 2.45. The van der Waals surface area contributed by atoms with Crippen LogP contribution in [0.1, 0.15) is 36.5 Å². The lowest BCUT2D eigenvalue weighted by Crippen LogP contribution is -2.44. The Morgan fingerprint density at radius 2 is 2.00 bits per heavy atom. The molecule has 2 N–H and O–H groups in total. The fraction of sp³-hybridized carbons (Fsp3) is 0.333. The van der Waals surface area contributed by atoms with E-state index in [4.69, 9.17) is 11.6 Å². The fourth-order valence-corrected chi connectivity index (χ4v) is 2.36. The van der Waals surface area contributed by atoms with Gasteiger partial charge in [-0.05, 0) is 38.3 Å². The van der Waals surface area contributed by atoms with Gasteiger partial charge in [0.1, 0.15) is 0 Å². The predicted octanol–water partition coefficient (Wildman–Crippen LogP) is 2.85. The number of rotatable bonds is 2. The molecule has 0 saturated heterocycles. The molecule has 1 atom stereocenters. The molecule has 20 heavy (non-hydrogen) atoms. The van der Waals surface area contributed by atoms with Gasteiger partial charge in [-0.3, -0.25) is 20.4 Å². The Hall–Kier alpha value is -1.81. The Labute approximate surface area is 123 Å².